The second-order valence-corrected chi connectivity index (χ2v) is 6.55. The van der Waals surface area contributed by atoms with Crippen LogP contribution in [0.2, 0.25) is 0 Å². The molecule has 0 atom stereocenters. The number of fused-ring (bicyclic) bond motifs is 1. The van der Waals surface area contributed by atoms with Gasteiger partial charge in [0.2, 0.25) is 0 Å². The van der Waals surface area contributed by atoms with E-state index in [-0.39, 0.29) is 14.9 Å². The van der Waals surface area contributed by atoms with E-state index in [9.17, 15) is 0 Å². The van der Waals surface area contributed by atoms with Gasteiger partial charge < -0.3 is 0 Å². The molecular formula is C19H13OSe+. The Morgan fingerprint density at radius 2 is 1.48 bits per heavy atom. The molecule has 1 aromatic heterocycles. The molecule has 1 nitrogen and oxygen atoms in total. The first-order valence-corrected chi connectivity index (χ1v) is 8.44. The quantitative estimate of drug-likeness (QED) is 0.366. The minimum absolute atomic E-state index is 0.0492. The third kappa shape index (κ3) is 2.33. The maximum atomic E-state index is 6.00. The van der Waals surface area contributed by atoms with Crippen molar-refractivity contribution >= 4 is 25.6 Å². The Bertz CT molecular complexity index is 888. The van der Waals surface area contributed by atoms with Crippen LogP contribution in [0.25, 0.3) is 32.1 Å². The van der Waals surface area contributed by atoms with E-state index in [0.717, 1.165) is 5.76 Å². The number of benzene rings is 3. The van der Waals surface area contributed by atoms with Crippen LogP contribution in [-0.2, 0) is 0 Å². The summed E-state index contributed by atoms with van der Waals surface area (Å²) in [4.78, 5) is 0. The normalized spacial score (nSPS) is 10.9. The van der Waals surface area contributed by atoms with Crippen molar-refractivity contribution < 1.29 is 3.48 Å². The Morgan fingerprint density at radius 3 is 2.38 bits per heavy atom. The SMILES string of the molecule is c1ccc(-c2cc(-c3cccc4ccccc34)[o+][se]2)cc1. The molecule has 4 aromatic rings. The molecule has 0 N–H and O–H groups in total. The van der Waals surface area contributed by atoms with Crippen molar-refractivity contribution in [2.24, 2.45) is 0 Å². The fourth-order valence-corrected chi connectivity index (χ4v) is 4.03. The van der Waals surface area contributed by atoms with E-state index in [1.54, 1.807) is 0 Å². The second kappa shape index (κ2) is 5.32. The van der Waals surface area contributed by atoms with Crippen molar-refractivity contribution in [3.63, 3.8) is 0 Å². The Labute approximate surface area is 129 Å². The van der Waals surface area contributed by atoms with Crippen molar-refractivity contribution in [1.82, 2.24) is 0 Å². The molecule has 1 heterocycles. The van der Waals surface area contributed by atoms with Crippen LogP contribution in [0.4, 0.5) is 0 Å². The van der Waals surface area contributed by atoms with Crippen LogP contribution in [0.1, 0.15) is 0 Å². The third-order valence-corrected chi connectivity index (χ3v) is 5.27. The minimum atomic E-state index is 0.0492. The van der Waals surface area contributed by atoms with E-state index in [4.69, 9.17) is 3.48 Å². The number of hydrogen-bond donors (Lipinski definition) is 0. The molecular weight excluding hydrogens is 323 g/mol. The summed E-state index contributed by atoms with van der Waals surface area (Å²) < 4.78 is 7.30. The van der Waals surface area contributed by atoms with Crippen LogP contribution in [0, 0.1) is 0 Å². The summed E-state index contributed by atoms with van der Waals surface area (Å²) in [5, 5.41) is 2.50. The van der Waals surface area contributed by atoms with Gasteiger partial charge >= 0.3 is 129 Å². The number of hydrogen-bond acceptors (Lipinski definition) is 0. The fraction of sp³-hybridized carbons (Fsp3) is 0. The molecule has 0 amide bonds. The third-order valence-electron chi connectivity index (χ3n) is 3.60. The van der Waals surface area contributed by atoms with Gasteiger partial charge in [-0.1, -0.05) is 0 Å². The van der Waals surface area contributed by atoms with Crippen LogP contribution in [0.15, 0.2) is 82.3 Å². The van der Waals surface area contributed by atoms with Gasteiger partial charge in [-0.15, -0.1) is 0 Å². The van der Waals surface area contributed by atoms with Crippen LogP contribution < -0.4 is 0 Å². The molecule has 0 saturated heterocycles. The van der Waals surface area contributed by atoms with E-state index in [0.29, 0.717) is 0 Å². The first-order chi connectivity index (χ1) is 10.4. The molecule has 21 heavy (non-hydrogen) atoms. The van der Waals surface area contributed by atoms with E-state index >= 15 is 0 Å². The molecule has 0 saturated carbocycles. The molecule has 100 valence electrons. The van der Waals surface area contributed by atoms with Crippen molar-refractivity contribution in [3.05, 3.63) is 78.9 Å². The van der Waals surface area contributed by atoms with Gasteiger partial charge in [-0.05, 0) is 0 Å². The van der Waals surface area contributed by atoms with Crippen molar-refractivity contribution in [2.75, 3.05) is 0 Å². The number of rotatable bonds is 2. The summed E-state index contributed by atoms with van der Waals surface area (Å²) in [5.74, 6) is 0.991. The Balaban J connectivity index is 1.85. The average Bonchev–Trinajstić information content (AvgIpc) is 3.05. The van der Waals surface area contributed by atoms with Gasteiger partial charge in [0, 0.05) is 0 Å². The summed E-state index contributed by atoms with van der Waals surface area (Å²) in [6, 6.07) is 27.5. The molecule has 0 unspecified atom stereocenters. The molecule has 0 bridgehead atoms. The Morgan fingerprint density at radius 1 is 0.714 bits per heavy atom. The molecule has 2 heteroatoms. The Kier molecular flexibility index (Phi) is 3.19. The molecule has 0 aliphatic carbocycles. The van der Waals surface area contributed by atoms with Gasteiger partial charge in [-0.2, -0.15) is 0 Å². The second-order valence-electron chi connectivity index (χ2n) is 4.93. The molecule has 0 spiro atoms. The monoisotopic (exact) mass is 337 g/mol. The summed E-state index contributed by atoms with van der Waals surface area (Å²) in [5.41, 5.74) is 2.44. The van der Waals surface area contributed by atoms with E-state index < -0.39 is 0 Å². The first-order valence-electron chi connectivity index (χ1n) is 6.88. The van der Waals surface area contributed by atoms with Crippen molar-refractivity contribution in [2.45, 2.75) is 0 Å². The van der Waals surface area contributed by atoms with E-state index in [1.165, 1.54) is 26.3 Å². The van der Waals surface area contributed by atoms with Gasteiger partial charge in [0.05, 0.1) is 0 Å². The van der Waals surface area contributed by atoms with Gasteiger partial charge in [-0.25, -0.2) is 0 Å². The standard InChI is InChI=1S/C19H13OSe/c1-2-8-15(9-3-1)19-13-18(20-21-19)17-12-6-10-14-7-4-5-11-16(14)17/h1-13H/q+1. The predicted octanol–water partition coefficient (Wildman–Crippen LogP) is 5.10. The van der Waals surface area contributed by atoms with E-state index in [2.05, 4.69) is 72.8 Å². The first kappa shape index (κ1) is 12.6. The summed E-state index contributed by atoms with van der Waals surface area (Å²) >= 11 is 0.0492. The summed E-state index contributed by atoms with van der Waals surface area (Å²) in [6.07, 6.45) is 0. The maximum absolute atomic E-state index is 6.00. The predicted molar refractivity (Wildman–Crippen MR) is 88.4 cm³/mol. The zero-order valence-corrected chi connectivity index (χ0v) is 13.0. The van der Waals surface area contributed by atoms with Gasteiger partial charge in [0.1, 0.15) is 0 Å². The molecule has 0 aliphatic rings. The van der Waals surface area contributed by atoms with Gasteiger partial charge in [0.25, 0.3) is 0 Å². The van der Waals surface area contributed by atoms with Crippen LogP contribution >= 0.6 is 0 Å². The van der Waals surface area contributed by atoms with Gasteiger partial charge in [0.15, 0.2) is 0 Å². The zero-order valence-electron chi connectivity index (χ0n) is 11.3. The van der Waals surface area contributed by atoms with E-state index in [1.807, 2.05) is 6.07 Å². The molecule has 0 aliphatic heterocycles. The fourth-order valence-electron chi connectivity index (χ4n) is 2.55. The molecule has 3 aromatic carbocycles. The summed E-state index contributed by atoms with van der Waals surface area (Å²) in [7, 11) is 0. The van der Waals surface area contributed by atoms with Crippen LogP contribution in [0.5, 0.6) is 0 Å². The topological polar surface area (TPSA) is 11.3 Å². The van der Waals surface area contributed by atoms with Crippen LogP contribution in [-0.4, -0.2) is 14.9 Å². The Hall–Kier alpha value is -2.15. The van der Waals surface area contributed by atoms with Crippen LogP contribution in [0.3, 0.4) is 0 Å². The molecule has 0 fully saturated rings. The van der Waals surface area contributed by atoms with Crippen molar-refractivity contribution in [1.29, 1.82) is 0 Å². The zero-order chi connectivity index (χ0) is 14.1. The van der Waals surface area contributed by atoms with Gasteiger partial charge in [-0.3, -0.25) is 0 Å². The molecule has 4 rings (SSSR count). The molecule has 0 radical (unpaired) electrons. The summed E-state index contributed by atoms with van der Waals surface area (Å²) in [6.45, 7) is 0. The van der Waals surface area contributed by atoms with Crippen molar-refractivity contribution in [3.8, 4) is 21.3 Å². The average molecular weight is 336 g/mol.